The van der Waals surface area contributed by atoms with Crippen molar-refractivity contribution < 1.29 is 9.53 Å². The monoisotopic (exact) mass is 278 g/mol. The third-order valence-electron chi connectivity index (χ3n) is 2.10. The number of thiocarbonyl (C=S) groups is 1. The molecule has 0 saturated heterocycles. The number of rotatable bonds is 5. The number of hydrogen-bond donors (Lipinski definition) is 2. The van der Waals surface area contributed by atoms with Crippen molar-refractivity contribution in [3.63, 3.8) is 0 Å². The maximum atomic E-state index is 11.9. The molecule has 1 rings (SSSR count). The number of ether oxygens (including phenoxy) is 1. The fraction of sp³-hybridized carbons (Fsp3) is 0.286. The summed E-state index contributed by atoms with van der Waals surface area (Å²) in [6.45, 7) is 7.93. The smallest absolute Gasteiger partial charge is 0.257 e. The molecule has 0 heterocycles. The first-order valence-electron chi connectivity index (χ1n) is 5.99. The van der Waals surface area contributed by atoms with Crippen LogP contribution in [0.15, 0.2) is 36.9 Å². The van der Waals surface area contributed by atoms with Crippen LogP contribution in [0.25, 0.3) is 0 Å². The Labute approximate surface area is 118 Å². The number of amides is 1. The minimum absolute atomic E-state index is 0.0636. The molecule has 1 aromatic carbocycles. The summed E-state index contributed by atoms with van der Waals surface area (Å²) in [7, 11) is 0. The van der Waals surface area contributed by atoms with Crippen molar-refractivity contribution in [1.29, 1.82) is 0 Å². The van der Waals surface area contributed by atoms with Crippen molar-refractivity contribution in [2.24, 2.45) is 0 Å². The molecule has 0 atom stereocenters. The van der Waals surface area contributed by atoms with Crippen LogP contribution in [0.3, 0.4) is 0 Å². The molecule has 0 saturated carbocycles. The van der Waals surface area contributed by atoms with Crippen molar-refractivity contribution in [2.75, 3.05) is 6.54 Å². The molecule has 0 spiro atoms. The third kappa shape index (κ3) is 5.52. The molecule has 0 aromatic heterocycles. The van der Waals surface area contributed by atoms with Gasteiger partial charge in [-0.15, -0.1) is 6.58 Å². The van der Waals surface area contributed by atoms with Gasteiger partial charge in [0.25, 0.3) is 5.91 Å². The number of carbonyl (C=O) groups excluding carboxylic acids is 1. The molecule has 0 radical (unpaired) electrons. The number of carbonyl (C=O) groups is 1. The molecule has 0 fully saturated rings. The topological polar surface area (TPSA) is 50.4 Å². The van der Waals surface area contributed by atoms with Gasteiger partial charge in [0.1, 0.15) is 5.75 Å². The SMILES string of the molecule is C=CCNC(=S)NC(=O)c1cccc(OC(C)C)c1. The van der Waals surface area contributed by atoms with Crippen molar-refractivity contribution in [2.45, 2.75) is 20.0 Å². The Kier molecular flexibility index (Phi) is 6.02. The van der Waals surface area contributed by atoms with Crippen LogP contribution in [-0.4, -0.2) is 23.7 Å². The molecule has 102 valence electrons. The zero-order valence-electron chi connectivity index (χ0n) is 11.1. The first kappa shape index (κ1) is 15.2. The van der Waals surface area contributed by atoms with E-state index in [1.807, 2.05) is 19.9 Å². The van der Waals surface area contributed by atoms with Gasteiger partial charge in [-0.3, -0.25) is 10.1 Å². The molecule has 0 unspecified atom stereocenters. The van der Waals surface area contributed by atoms with Crippen molar-refractivity contribution >= 4 is 23.2 Å². The molecule has 0 aliphatic rings. The van der Waals surface area contributed by atoms with E-state index < -0.39 is 0 Å². The van der Waals surface area contributed by atoms with E-state index in [9.17, 15) is 4.79 Å². The van der Waals surface area contributed by atoms with Gasteiger partial charge in [0.2, 0.25) is 0 Å². The van der Waals surface area contributed by atoms with Crippen LogP contribution >= 0.6 is 12.2 Å². The van der Waals surface area contributed by atoms with E-state index in [0.717, 1.165) is 0 Å². The summed E-state index contributed by atoms with van der Waals surface area (Å²) >= 11 is 4.98. The Morgan fingerprint density at radius 1 is 1.53 bits per heavy atom. The predicted molar refractivity (Wildman–Crippen MR) is 80.5 cm³/mol. The van der Waals surface area contributed by atoms with Gasteiger partial charge in [-0.2, -0.15) is 0 Å². The summed E-state index contributed by atoms with van der Waals surface area (Å²) in [6.07, 6.45) is 1.73. The van der Waals surface area contributed by atoms with Crippen LogP contribution in [0.2, 0.25) is 0 Å². The molecular formula is C14H18N2O2S. The molecule has 0 bridgehead atoms. The average Bonchev–Trinajstić information content (AvgIpc) is 2.35. The lowest BCUT2D eigenvalue weighted by Gasteiger charge is -2.11. The summed E-state index contributed by atoms with van der Waals surface area (Å²) < 4.78 is 5.53. The van der Waals surface area contributed by atoms with Crippen LogP contribution in [-0.2, 0) is 0 Å². The van der Waals surface area contributed by atoms with Crippen molar-refractivity contribution in [3.8, 4) is 5.75 Å². The molecule has 0 aliphatic carbocycles. The first-order valence-corrected chi connectivity index (χ1v) is 6.40. The number of hydrogen-bond acceptors (Lipinski definition) is 3. The Morgan fingerprint density at radius 3 is 2.89 bits per heavy atom. The highest BCUT2D eigenvalue weighted by Crippen LogP contribution is 2.14. The van der Waals surface area contributed by atoms with E-state index in [1.165, 1.54) is 0 Å². The molecule has 2 N–H and O–H groups in total. The zero-order chi connectivity index (χ0) is 14.3. The Morgan fingerprint density at radius 2 is 2.26 bits per heavy atom. The molecule has 1 aromatic rings. The minimum atomic E-state index is -0.268. The van der Waals surface area contributed by atoms with Crippen molar-refractivity contribution in [3.05, 3.63) is 42.5 Å². The van der Waals surface area contributed by atoms with E-state index in [4.69, 9.17) is 17.0 Å². The second-order valence-electron chi connectivity index (χ2n) is 4.15. The highest BCUT2D eigenvalue weighted by Gasteiger charge is 2.08. The highest BCUT2D eigenvalue weighted by molar-refractivity contribution is 7.80. The van der Waals surface area contributed by atoms with Crippen LogP contribution in [0.4, 0.5) is 0 Å². The first-order chi connectivity index (χ1) is 9.02. The fourth-order valence-corrected chi connectivity index (χ4v) is 1.54. The van der Waals surface area contributed by atoms with Gasteiger partial charge in [0.05, 0.1) is 6.10 Å². The Balaban J connectivity index is 2.66. The molecular weight excluding hydrogens is 260 g/mol. The van der Waals surface area contributed by atoms with E-state index in [2.05, 4.69) is 17.2 Å². The largest absolute Gasteiger partial charge is 0.491 e. The second kappa shape index (κ2) is 7.53. The number of benzene rings is 1. The van der Waals surface area contributed by atoms with Gasteiger partial charge in [0.15, 0.2) is 5.11 Å². The van der Waals surface area contributed by atoms with E-state index in [0.29, 0.717) is 17.9 Å². The minimum Gasteiger partial charge on any atom is -0.491 e. The Hall–Kier alpha value is -1.88. The van der Waals surface area contributed by atoms with E-state index in [-0.39, 0.29) is 17.1 Å². The molecule has 4 nitrogen and oxygen atoms in total. The van der Waals surface area contributed by atoms with Gasteiger partial charge >= 0.3 is 0 Å². The van der Waals surface area contributed by atoms with Crippen LogP contribution in [0, 0.1) is 0 Å². The van der Waals surface area contributed by atoms with Gasteiger partial charge in [-0.1, -0.05) is 12.1 Å². The van der Waals surface area contributed by atoms with E-state index >= 15 is 0 Å². The highest BCUT2D eigenvalue weighted by atomic mass is 32.1. The van der Waals surface area contributed by atoms with Gasteiger partial charge in [0, 0.05) is 12.1 Å². The molecule has 19 heavy (non-hydrogen) atoms. The lowest BCUT2D eigenvalue weighted by atomic mass is 10.2. The lowest BCUT2D eigenvalue weighted by Crippen LogP contribution is -2.39. The molecule has 0 aliphatic heterocycles. The zero-order valence-corrected chi connectivity index (χ0v) is 11.9. The van der Waals surface area contributed by atoms with Gasteiger partial charge in [-0.25, -0.2) is 0 Å². The summed E-state index contributed by atoms with van der Waals surface area (Å²) in [5.41, 5.74) is 0.501. The van der Waals surface area contributed by atoms with Crippen molar-refractivity contribution in [1.82, 2.24) is 10.6 Å². The lowest BCUT2D eigenvalue weighted by molar-refractivity contribution is 0.0976. The standard InChI is InChI=1S/C14H18N2O2S/c1-4-8-15-14(19)16-13(17)11-6-5-7-12(9-11)18-10(2)3/h4-7,9-10H,1,8H2,2-3H3,(H2,15,16,17,19). The number of nitrogens with one attached hydrogen (secondary N) is 2. The predicted octanol–water partition coefficient (Wildman–Crippen LogP) is 2.26. The fourth-order valence-electron chi connectivity index (χ4n) is 1.37. The summed E-state index contributed by atoms with van der Waals surface area (Å²) in [5.74, 6) is 0.392. The van der Waals surface area contributed by atoms with Gasteiger partial charge in [-0.05, 0) is 44.3 Å². The maximum absolute atomic E-state index is 11.9. The van der Waals surface area contributed by atoms with Crippen LogP contribution in [0.5, 0.6) is 5.75 Å². The summed E-state index contributed by atoms with van der Waals surface area (Å²) in [5, 5.41) is 5.70. The molecule has 5 heteroatoms. The second-order valence-corrected chi connectivity index (χ2v) is 4.56. The normalized spacial score (nSPS) is 9.84. The van der Waals surface area contributed by atoms with Gasteiger partial charge < -0.3 is 10.1 Å². The average molecular weight is 278 g/mol. The third-order valence-corrected chi connectivity index (χ3v) is 2.35. The summed E-state index contributed by atoms with van der Waals surface area (Å²) in [6, 6.07) is 6.97. The Bertz CT molecular complexity index is 472. The van der Waals surface area contributed by atoms with Crippen LogP contribution in [0.1, 0.15) is 24.2 Å². The molecule has 1 amide bonds. The summed E-state index contributed by atoms with van der Waals surface area (Å²) in [4.78, 5) is 11.9. The maximum Gasteiger partial charge on any atom is 0.257 e. The quantitative estimate of drug-likeness (QED) is 0.641. The van der Waals surface area contributed by atoms with Crippen LogP contribution < -0.4 is 15.4 Å². The van der Waals surface area contributed by atoms with E-state index in [1.54, 1.807) is 24.3 Å².